The highest BCUT2D eigenvalue weighted by molar-refractivity contribution is 5.21. The van der Waals surface area contributed by atoms with Crippen LogP contribution in [0.1, 0.15) is 44.3 Å². The molecule has 0 radical (unpaired) electrons. The van der Waals surface area contributed by atoms with E-state index in [-0.39, 0.29) is 11.7 Å². The normalized spacial score (nSPS) is 23.1. The summed E-state index contributed by atoms with van der Waals surface area (Å²) in [6, 6.07) is 9.92. The topological polar surface area (TPSA) is 52.4 Å². The molecule has 1 aromatic heterocycles. The molecule has 0 spiro atoms. The van der Waals surface area contributed by atoms with Gasteiger partial charge in [0.15, 0.2) is 0 Å². The summed E-state index contributed by atoms with van der Waals surface area (Å²) in [6.07, 6.45) is 2.53. The second-order valence-electron chi connectivity index (χ2n) is 8.10. The molecule has 2 aromatic rings. The first-order valence-corrected chi connectivity index (χ1v) is 9.46. The van der Waals surface area contributed by atoms with E-state index < -0.39 is 0 Å². The Bertz CT molecular complexity index is 740. The van der Waals surface area contributed by atoms with Gasteiger partial charge in [-0.05, 0) is 38.8 Å². The molecule has 1 atom stereocenters. The van der Waals surface area contributed by atoms with Crippen molar-refractivity contribution in [2.24, 2.45) is 7.05 Å². The fraction of sp³-hybridized carbons (Fsp3) is 0.600. The van der Waals surface area contributed by atoms with Crippen LogP contribution in [0.25, 0.3) is 0 Å². The molecule has 0 bridgehead atoms. The first-order chi connectivity index (χ1) is 12.5. The van der Waals surface area contributed by atoms with Crippen molar-refractivity contribution in [3.05, 3.63) is 42.0 Å². The molecule has 1 aromatic carbocycles. The van der Waals surface area contributed by atoms with Crippen molar-refractivity contribution in [2.75, 3.05) is 19.7 Å². The highest BCUT2D eigenvalue weighted by Gasteiger charge is 2.35. The Morgan fingerprint density at radius 3 is 2.69 bits per heavy atom. The lowest BCUT2D eigenvalue weighted by Gasteiger charge is -2.42. The first-order valence-electron chi connectivity index (χ1n) is 9.46. The molecule has 2 fully saturated rings. The van der Waals surface area contributed by atoms with Gasteiger partial charge in [-0.15, -0.1) is 10.2 Å². The fourth-order valence-electron chi connectivity index (χ4n) is 3.74. The van der Waals surface area contributed by atoms with Crippen LogP contribution >= 0.6 is 0 Å². The number of benzene rings is 1. The van der Waals surface area contributed by atoms with Gasteiger partial charge >= 0.3 is 0 Å². The lowest BCUT2D eigenvalue weighted by Crippen LogP contribution is -2.54. The van der Waals surface area contributed by atoms with E-state index in [2.05, 4.69) is 40.6 Å². The molecule has 1 saturated carbocycles. The molecule has 0 N–H and O–H groups in total. The summed E-state index contributed by atoms with van der Waals surface area (Å²) in [7, 11) is 2.09. The lowest BCUT2D eigenvalue weighted by molar-refractivity contribution is -0.148. The monoisotopic (exact) mass is 356 g/mol. The molecule has 2 heterocycles. The van der Waals surface area contributed by atoms with E-state index in [4.69, 9.17) is 9.47 Å². The number of hydrogen-bond donors (Lipinski definition) is 0. The molecule has 1 unspecified atom stereocenters. The van der Waals surface area contributed by atoms with E-state index in [0.717, 1.165) is 37.0 Å². The Morgan fingerprint density at radius 1 is 1.19 bits per heavy atom. The van der Waals surface area contributed by atoms with Gasteiger partial charge in [0.25, 0.3) is 0 Å². The van der Waals surface area contributed by atoms with Gasteiger partial charge in [-0.3, -0.25) is 4.90 Å². The number of morpholine rings is 1. The lowest BCUT2D eigenvalue weighted by atomic mass is 10.1. The Morgan fingerprint density at radius 2 is 1.96 bits per heavy atom. The van der Waals surface area contributed by atoms with Crippen LogP contribution in [0, 0.1) is 0 Å². The van der Waals surface area contributed by atoms with Gasteiger partial charge < -0.3 is 14.0 Å². The Kier molecular flexibility index (Phi) is 4.71. The number of ether oxygens (including phenoxy) is 2. The van der Waals surface area contributed by atoms with Gasteiger partial charge in [0.05, 0.1) is 12.1 Å². The molecular weight excluding hydrogens is 328 g/mol. The van der Waals surface area contributed by atoms with Crippen LogP contribution < -0.4 is 4.74 Å². The largest absolute Gasteiger partial charge is 0.491 e. The molecule has 6 heteroatoms. The molecule has 4 rings (SSSR count). The zero-order chi connectivity index (χ0) is 18.1. The van der Waals surface area contributed by atoms with Gasteiger partial charge in [0.1, 0.15) is 30.1 Å². The maximum Gasteiger partial charge on any atom is 0.146 e. The maximum atomic E-state index is 6.24. The van der Waals surface area contributed by atoms with Gasteiger partial charge in [-0.1, -0.05) is 18.2 Å². The number of rotatable bonds is 6. The van der Waals surface area contributed by atoms with Crippen LogP contribution in [-0.2, 0) is 18.3 Å². The predicted octanol–water partition coefficient (Wildman–Crippen LogP) is 2.75. The molecule has 0 amide bonds. The van der Waals surface area contributed by atoms with E-state index in [9.17, 15) is 0 Å². The molecule has 140 valence electrons. The summed E-state index contributed by atoms with van der Waals surface area (Å²) in [5, 5.41) is 8.84. The molecular formula is C20H28N4O2. The standard InChI is InChI=1S/C20H28N4O2/c1-20(2)14-24(12-18-21-22-19(23(18)3)15-9-10-15)11-17(26-20)13-25-16-7-5-4-6-8-16/h4-8,15,17H,9-14H2,1-3H3. The highest BCUT2D eigenvalue weighted by atomic mass is 16.5. The SMILES string of the molecule is Cn1c(CN2CC(COc3ccccc3)OC(C)(C)C2)nnc1C1CC1. The summed E-state index contributed by atoms with van der Waals surface area (Å²) in [5.74, 6) is 3.67. The van der Waals surface area contributed by atoms with E-state index in [1.165, 1.54) is 12.8 Å². The Labute approximate surface area is 155 Å². The van der Waals surface area contributed by atoms with Crippen LogP contribution in [0.5, 0.6) is 5.75 Å². The average molecular weight is 356 g/mol. The minimum absolute atomic E-state index is 0.0371. The molecule has 1 saturated heterocycles. The van der Waals surface area contributed by atoms with E-state index in [1.54, 1.807) is 0 Å². The summed E-state index contributed by atoms with van der Waals surface area (Å²) < 4.78 is 14.3. The molecule has 6 nitrogen and oxygen atoms in total. The van der Waals surface area contributed by atoms with Crippen LogP contribution in [0.2, 0.25) is 0 Å². The van der Waals surface area contributed by atoms with Crippen LogP contribution in [-0.4, -0.2) is 51.1 Å². The van der Waals surface area contributed by atoms with Crippen molar-refractivity contribution < 1.29 is 9.47 Å². The van der Waals surface area contributed by atoms with Gasteiger partial charge in [-0.25, -0.2) is 0 Å². The molecule has 26 heavy (non-hydrogen) atoms. The Hall–Kier alpha value is -1.92. The third-order valence-electron chi connectivity index (χ3n) is 5.04. The van der Waals surface area contributed by atoms with Crippen molar-refractivity contribution in [1.29, 1.82) is 0 Å². The summed E-state index contributed by atoms with van der Waals surface area (Å²) in [4.78, 5) is 2.41. The van der Waals surface area contributed by atoms with E-state index in [0.29, 0.717) is 12.5 Å². The highest BCUT2D eigenvalue weighted by Crippen LogP contribution is 2.38. The quantitative estimate of drug-likeness (QED) is 0.797. The third kappa shape index (κ3) is 4.07. The van der Waals surface area contributed by atoms with E-state index >= 15 is 0 Å². The van der Waals surface area contributed by atoms with Crippen molar-refractivity contribution in [3.8, 4) is 5.75 Å². The summed E-state index contributed by atoms with van der Waals surface area (Å²) in [5.41, 5.74) is -0.207. The minimum atomic E-state index is -0.207. The van der Waals surface area contributed by atoms with Crippen molar-refractivity contribution in [2.45, 2.75) is 50.9 Å². The fourth-order valence-corrected chi connectivity index (χ4v) is 3.74. The third-order valence-corrected chi connectivity index (χ3v) is 5.04. The van der Waals surface area contributed by atoms with Crippen LogP contribution in [0.15, 0.2) is 30.3 Å². The van der Waals surface area contributed by atoms with Crippen molar-refractivity contribution in [3.63, 3.8) is 0 Å². The van der Waals surface area contributed by atoms with Crippen molar-refractivity contribution in [1.82, 2.24) is 19.7 Å². The number of para-hydroxylation sites is 1. The summed E-state index contributed by atoms with van der Waals surface area (Å²) in [6.45, 7) is 7.34. The summed E-state index contributed by atoms with van der Waals surface area (Å²) >= 11 is 0. The zero-order valence-electron chi connectivity index (χ0n) is 15.9. The van der Waals surface area contributed by atoms with E-state index in [1.807, 2.05) is 30.3 Å². The molecule has 1 aliphatic carbocycles. The average Bonchev–Trinajstić information content (AvgIpc) is 3.38. The van der Waals surface area contributed by atoms with Crippen molar-refractivity contribution >= 4 is 0 Å². The first kappa shape index (κ1) is 17.5. The maximum absolute atomic E-state index is 6.24. The van der Waals surface area contributed by atoms with Gasteiger partial charge in [0, 0.05) is 26.1 Å². The molecule has 2 aliphatic rings. The predicted molar refractivity (Wildman–Crippen MR) is 99.1 cm³/mol. The van der Waals surface area contributed by atoms with Gasteiger partial charge in [0.2, 0.25) is 0 Å². The minimum Gasteiger partial charge on any atom is -0.491 e. The van der Waals surface area contributed by atoms with Gasteiger partial charge in [-0.2, -0.15) is 0 Å². The smallest absolute Gasteiger partial charge is 0.146 e. The zero-order valence-corrected chi connectivity index (χ0v) is 15.9. The molecule has 1 aliphatic heterocycles. The second-order valence-corrected chi connectivity index (χ2v) is 8.10. The Balaban J connectivity index is 1.39. The van der Waals surface area contributed by atoms with Crippen LogP contribution in [0.4, 0.5) is 0 Å². The second kappa shape index (κ2) is 7.00. The van der Waals surface area contributed by atoms with Crippen LogP contribution in [0.3, 0.4) is 0 Å². The number of hydrogen-bond acceptors (Lipinski definition) is 5. The number of nitrogens with zero attached hydrogens (tertiary/aromatic N) is 4. The number of aromatic nitrogens is 3.